The molecule has 3 aromatic carbocycles. The summed E-state index contributed by atoms with van der Waals surface area (Å²) < 4.78 is 27.0. The fraction of sp³-hybridized carbons (Fsp3) is 0.296. The molecule has 0 aliphatic rings. The van der Waals surface area contributed by atoms with Gasteiger partial charge in [-0.05, 0) is 67.1 Å². The lowest BCUT2D eigenvalue weighted by Crippen LogP contribution is -2.09. The first-order valence-electron chi connectivity index (χ1n) is 11.2. The summed E-state index contributed by atoms with van der Waals surface area (Å²) in [7, 11) is 0. The average molecular weight is 502 g/mol. The van der Waals surface area contributed by atoms with Crippen LogP contribution in [0.2, 0.25) is 0 Å². The predicted molar refractivity (Wildman–Crippen MR) is 143 cm³/mol. The number of nitrogens with zero attached hydrogens (tertiary/aromatic N) is 1. The highest BCUT2D eigenvalue weighted by molar-refractivity contribution is 8.18. The first kappa shape index (κ1) is 25.9. The molecule has 0 saturated heterocycles. The van der Waals surface area contributed by atoms with Crippen LogP contribution >= 0.6 is 35.3 Å². The van der Waals surface area contributed by atoms with Crippen molar-refractivity contribution in [2.45, 2.75) is 59.2 Å². The molecule has 3 rings (SSSR count). The van der Waals surface area contributed by atoms with E-state index in [1.54, 1.807) is 23.5 Å². The summed E-state index contributed by atoms with van der Waals surface area (Å²) in [5.41, 5.74) is 0.944. The smallest absolute Gasteiger partial charge is 0.123 e. The molecule has 0 radical (unpaired) electrons. The Balaban J connectivity index is 1.84. The Morgan fingerprint density at radius 2 is 1.36 bits per heavy atom. The zero-order valence-electron chi connectivity index (χ0n) is 18.9. The van der Waals surface area contributed by atoms with E-state index in [9.17, 15) is 8.78 Å². The fourth-order valence-corrected chi connectivity index (χ4v) is 7.05. The summed E-state index contributed by atoms with van der Waals surface area (Å²) in [6.07, 6.45) is 4.28. The molecule has 0 aliphatic heterocycles. The first-order chi connectivity index (χ1) is 16.0. The van der Waals surface area contributed by atoms with Crippen LogP contribution in [0.1, 0.15) is 39.5 Å². The van der Waals surface area contributed by atoms with Gasteiger partial charge in [0.15, 0.2) is 0 Å². The van der Waals surface area contributed by atoms with Crippen LogP contribution < -0.4 is 0 Å². The van der Waals surface area contributed by atoms with E-state index in [2.05, 4.69) is 13.8 Å². The maximum Gasteiger partial charge on any atom is 0.123 e. The molecule has 0 saturated carbocycles. The molecular weight excluding hydrogens is 473 g/mol. The minimum atomic E-state index is -0.242. The van der Waals surface area contributed by atoms with E-state index in [1.807, 2.05) is 66.4 Å². The predicted octanol–water partition coefficient (Wildman–Crippen LogP) is 9.61. The Kier molecular flexibility index (Phi) is 10.8. The lowest BCUT2D eigenvalue weighted by molar-refractivity contribution is 0.626. The molecule has 1 nitrogen and oxygen atoms in total. The Hall–Kier alpha value is -1.76. The van der Waals surface area contributed by atoms with Crippen molar-refractivity contribution >= 4 is 46.0 Å². The second kappa shape index (κ2) is 13.8. The summed E-state index contributed by atoms with van der Waals surface area (Å²) in [6.45, 7) is 4.47. The number of aliphatic imine (C=N–C) groups is 1. The van der Waals surface area contributed by atoms with Crippen molar-refractivity contribution in [1.29, 1.82) is 0 Å². The Bertz CT molecular complexity index is 945. The molecule has 0 N–H and O–H groups in total. The molecule has 0 heterocycles. The van der Waals surface area contributed by atoms with Gasteiger partial charge in [-0.1, -0.05) is 44.9 Å². The third-order valence-electron chi connectivity index (χ3n) is 4.82. The van der Waals surface area contributed by atoms with Crippen LogP contribution in [0, 0.1) is 11.6 Å². The number of rotatable bonds is 11. The summed E-state index contributed by atoms with van der Waals surface area (Å²) in [4.78, 5) is 6.99. The highest BCUT2D eigenvalue weighted by atomic mass is 32.2. The van der Waals surface area contributed by atoms with Gasteiger partial charge in [0.25, 0.3) is 0 Å². The molecule has 174 valence electrons. The molecule has 1 atom stereocenters. The summed E-state index contributed by atoms with van der Waals surface area (Å²) in [5.74, 6) is -0.484. The second-order valence-corrected chi connectivity index (χ2v) is 12.1. The molecule has 33 heavy (non-hydrogen) atoms. The first-order valence-corrected chi connectivity index (χ1v) is 13.8. The maximum atomic E-state index is 13.4. The van der Waals surface area contributed by atoms with E-state index in [1.165, 1.54) is 37.1 Å². The second-order valence-electron chi connectivity index (χ2n) is 7.69. The monoisotopic (exact) mass is 501 g/mol. The van der Waals surface area contributed by atoms with Gasteiger partial charge in [-0.15, -0.1) is 35.3 Å². The highest BCUT2D eigenvalue weighted by Gasteiger charge is 2.19. The third-order valence-corrected chi connectivity index (χ3v) is 8.51. The summed E-state index contributed by atoms with van der Waals surface area (Å²) >= 11 is 5.21. The van der Waals surface area contributed by atoms with E-state index in [-0.39, 0.29) is 16.2 Å². The molecule has 3 aromatic rings. The Morgan fingerprint density at radius 3 is 1.88 bits per heavy atom. The zero-order chi connectivity index (χ0) is 23.5. The van der Waals surface area contributed by atoms with Crippen LogP contribution in [0.15, 0.2) is 93.6 Å². The molecule has 0 aliphatic carbocycles. The average Bonchev–Trinajstić information content (AvgIpc) is 2.81. The third kappa shape index (κ3) is 9.55. The molecule has 0 spiro atoms. The number of para-hydroxylation sites is 1. The van der Waals surface area contributed by atoms with Gasteiger partial charge in [0, 0.05) is 21.5 Å². The Morgan fingerprint density at radius 1 is 0.818 bits per heavy atom. The topological polar surface area (TPSA) is 12.4 Å². The van der Waals surface area contributed by atoms with E-state index in [0.717, 1.165) is 33.4 Å². The van der Waals surface area contributed by atoms with Gasteiger partial charge < -0.3 is 0 Å². The van der Waals surface area contributed by atoms with Crippen molar-refractivity contribution < 1.29 is 8.78 Å². The van der Waals surface area contributed by atoms with Crippen LogP contribution in [-0.4, -0.2) is 14.9 Å². The number of halogens is 2. The molecule has 0 fully saturated rings. The number of thioether (sulfide) groups is 3. The minimum absolute atomic E-state index is 0.106. The SMILES string of the molecule is CCCCC(C)SC(CC(Sc1ccc(F)cc1)Sc1ccc(F)cc1)=Nc1ccccc1. The van der Waals surface area contributed by atoms with Gasteiger partial charge in [-0.3, -0.25) is 0 Å². The summed E-state index contributed by atoms with van der Waals surface area (Å²) in [6, 6.07) is 23.2. The minimum Gasteiger partial charge on any atom is -0.247 e. The van der Waals surface area contributed by atoms with Gasteiger partial charge in [0.2, 0.25) is 0 Å². The largest absolute Gasteiger partial charge is 0.247 e. The highest BCUT2D eigenvalue weighted by Crippen LogP contribution is 2.40. The molecule has 6 heteroatoms. The van der Waals surface area contributed by atoms with Crippen molar-refractivity contribution in [3.05, 3.63) is 90.5 Å². The van der Waals surface area contributed by atoms with Crippen molar-refractivity contribution in [2.75, 3.05) is 0 Å². The number of hydrogen-bond acceptors (Lipinski definition) is 4. The number of unbranched alkanes of at least 4 members (excludes halogenated alkanes) is 1. The van der Waals surface area contributed by atoms with Gasteiger partial charge in [0.1, 0.15) is 11.6 Å². The maximum absolute atomic E-state index is 13.4. The van der Waals surface area contributed by atoms with E-state index < -0.39 is 0 Å². The standard InChI is InChI=1S/C27H29F2NS3/c1-3-4-8-20(2)31-26(30-23-9-6-5-7-10-23)19-27(32-24-15-11-21(28)12-16-24)33-25-17-13-22(29)14-18-25/h5-7,9-18,20,27H,3-4,8,19H2,1-2H3. The van der Waals surface area contributed by atoms with Crippen molar-refractivity contribution in [3.8, 4) is 0 Å². The molecule has 1 unspecified atom stereocenters. The van der Waals surface area contributed by atoms with Gasteiger partial charge in [-0.25, -0.2) is 13.8 Å². The van der Waals surface area contributed by atoms with Crippen LogP contribution in [-0.2, 0) is 0 Å². The van der Waals surface area contributed by atoms with Crippen LogP contribution in [0.3, 0.4) is 0 Å². The summed E-state index contributed by atoms with van der Waals surface area (Å²) in [5, 5.41) is 1.55. The van der Waals surface area contributed by atoms with E-state index >= 15 is 0 Å². The molecule has 0 aromatic heterocycles. The molecular formula is C27H29F2NS3. The van der Waals surface area contributed by atoms with Crippen molar-refractivity contribution in [2.24, 2.45) is 4.99 Å². The normalized spacial score (nSPS) is 12.8. The van der Waals surface area contributed by atoms with Crippen LogP contribution in [0.4, 0.5) is 14.5 Å². The molecule has 0 bridgehead atoms. The van der Waals surface area contributed by atoms with Crippen molar-refractivity contribution in [3.63, 3.8) is 0 Å². The van der Waals surface area contributed by atoms with Crippen LogP contribution in [0.5, 0.6) is 0 Å². The van der Waals surface area contributed by atoms with Gasteiger partial charge in [-0.2, -0.15) is 0 Å². The van der Waals surface area contributed by atoms with Gasteiger partial charge in [0.05, 0.1) is 15.3 Å². The van der Waals surface area contributed by atoms with E-state index in [0.29, 0.717) is 5.25 Å². The van der Waals surface area contributed by atoms with E-state index in [4.69, 9.17) is 4.99 Å². The quantitative estimate of drug-likeness (QED) is 0.112. The molecule has 0 amide bonds. The van der Waals surface area contributed by atoms with Crippen molar-refractivity contribution in [1.82, 2.24) is 0 Å². The van der Waals surface area contributed by atoms with Crippen LogP contribution in [0.25, 0.3) is 0 Å². The zero-order valence-corrected chi connectivity index (χ0v) is 21.4. The fourth-order valence-electron chi connectivity index (χ4n) is 3.13. The lowest BCUT2D eigenvalue weighted by atomic mass is 10.2. The lowest BCUT2D eigenvalue weighted by Gasteiger charge is -2.20. The number of benzene rings is 3. The van der Waals surface area contributed by atoms with Gasteiger partial charge >= 0.3 is 0 Å². The number of hydrogen-bond donors (Lipinski definition) is 0. The Labute approximate surface area is 208 Å².